The summed E-state index contributed by atoms with van der Waals surface area (Å²) < 4.78 is 38.8. The molecule has 0 radical (unpaired) electrons. The van der Waals surface area contributed by atoms with E-state index in [1.54, 1.807) is 12.1 Å². The predicted octanol–water partition coefficient (Wildman–Crippen LogP) is 4.32. The molecule has 0 fully saturated rings. The molecule has 1 N–H and O–H groups in total. The van der Waals surface area contributed by atoms with Gasteiger partial charge in [0.2, 0.25) is 0 Å². The van der Waals surface area contributed by atoms with Gasteiger partial charge in [-0.3, -0.25) is 4.98 Å². The molecule has 7 heteroatoms. The minimum absolute atomic E-state index is 0.0620. The first-order valence-electron chi connectivity index (χ1n) is 6.95. The topological polar surface area (TPSA) is 63.1 Å². The van der Waals surface area contributed by atoms with Gasteiger partial charge in [0.25, 0.3) is 0 Å². The van der Waals surface area contributed by atoms with Crippen LogP contribution >= 0.6 is 0 Å². The standard InChI is InChI=1S/C17H11F3N2O2/c1-9-13(16(23)24)15-12(6-3-7-21-15)22-14(9)10-4-2-5-11(8-10)17(18,19)20/h2-8H,1H3,(H,23,24). The van der Waals surface area contributed by atoms with Gasteiger partial charge in [-0.05, 0) is 36.8 Å². The highest BCUT2D eigenvalue weighted by Crippen LogP contribution is 2.34. The maximum absolute atomic E-state index is 12.9. The average Bonchev–Trinajstić information content (AvgIpc) is 2.53. The van der Waals surface area contributed by atoms with Gasteiger partial charge in [-0.25, -0.2) is 9.78 Å². The molecule has 0 atom stereocenters. The lowest BCUT2D eigenvalue weighted by atomic mass is 9.99. The van der Waals surface area contributed by atoms with Crippen molar-refractivity contribution in [3.8, 4) is 11.3 Å². The zero-order chi connectivity index (χ0) is 17.5. The number of pyridine rings is 2. The summed E-state index contributed by atoms with van der Waals surface area (Å²) in [4.78, 5) is 19.9. The maximum atomic E-state index is 12.9. The molecule has 0 bridgehead atoms. The first kappa shape index (κ1) is 15.9. The summed E-state index contributed by atoms with van der Waals surface area (Å²) >= 11 is 0. The zero-order valence-corrected chi connectivity index (χ0v) is 12.4. The molecule has 3 aromatic rings. The Morgan fingerprint density at radius 3 is 2.58 bits per heavy atom. The number of halogens is 3. The Kier molecular flexibility index (Phi) is 3.71. The largest absolute Gasteiger partial charge is 0.478 e. The molecule has 122 valence electrons. The smallest absolute Gasteiger partial charge is 0.416 e. The summed E-state index contributed by atoms with van der Waals surface area (Å²) in [7, 11) is 0. The summed E-state index contributed by atoms with van der Waals surface area (Å²) in [5.74, 6) is -1.20. The summed E-state index contributed by atoms with van der Waals surface area (Å²) in [5.41, 5.74) is 0.311. The van der Waals surface area contributed by atoms with Gasteiger partial charge in [-0.2, -0.15) is 13.2 Å². The molecule has 0 aliphatic rings. The van der Waals surface area contributed by atoms with Crippen LogP contribution in [0.3, 0.4) is 0 Å². The second-order valence-corrected chi connectivity index (χ2v) is 5.22. The van der Waals surface area contributed by atoms with E-state index in [1.807, 2.05) is 0 Å². The van der Waals surface area contributed by atoms with Crippen molar-refractivity contribution in [3.05, 3.63) is 59.3 Å². The highest BCUT2D eigenvalue weighted by Gasteiger charge is 2.31. The van der Waals surface area contributed by atoms with E-state index >= 15 is 0 Å². The number of hydrogen-bond donors (Lipinski definition) is 1. The fraction of sp³-hybridized carbons (Fsp3) is 0.118. The van der Waals surface area contributed by atoms with Crippen LogP contribution in [0.5, 0.6) is 0 Å². The Morgan fingerprint density at radius 1 is 1.17 bits per heavy atom. The van der Waals surface area contributed by atoms with Crippen molar-refractivity contribution in [3.63, 3.8) is 0 Å². The van der Waals surface area contributed by atoms with Crippen molar-refractivity contribution >= 4 is 17.0 Å². The van der Waals surface area contributed by atoms with Gasteiger partial charge in [0.05, 0.1) is 22.3 Å². The third kappa shape index (κ3) is 2.68. The van der Waals surface area contributed by atoms with Gasteiger partial charge in [-0.1, -0.05) is 12.1 Å². The highest BCUT2D eigenvalue weighted by atomic mass is 19.4. The number of carbonyl (C=O) groups is 1. The van der Waals surface area contributed by atoms with E-state index in [0.29, 0.717) is 5.52 Å². The normalized spacial score (nSPS) is 11.7. The number of benzene rings is 1. The predicted molar refractivity (Wildman–Crippen MR) is 81.7 cm³/mol. The van der Waals surface area contributed by atoms with Crippen molar-refractivity contribution in [1.29, 1.82) is 0 Å². The Bertz CT molecular complexity index is 952. The van der Waals surface area contributed by atoms with E-state index in [-0.39, 0.29) is 27.9 Å². The van der Waals surface area contributed by atoms with Crippen LogP contribution in [-0.4, -0.2) is 21.0 Å². The van der Waals surface area contributed by atoms with Gasteiger partial charge in [0, 0.05) is 11.8 Å². The zero-order valence-electron chi connectivity index (χ0n) is 12.4. The molecular weight excluding hydrogens is 321 g/mol. The number of carboxylic acids is 1. The fourth-order valence-electron chi connectivity index (χ4n) is 2.57. The Labute approximate surface area is 134 Å². The number of aromatic nitrogens is 2. The molecule has 1 aromatic carbocycles. The van der Waals surface area contributed by atoms with Crippen LogP contribution in [0.15, 0.2) is 42.6 Å². The molecule has 0 spiro atoms. The van der Waals surface area contributed by atoms with E-state index in [4.69, 9.17) is 0 Å². The van der Waals surface area contributed by atoms with Crippen LogP contribution < -0.4 is 0 Å². The van der Waals surface area contributed by atoms with Crippen molar-refractivity contribution in [2.24, 2.45) is 0 Å². The second-order valence-electron chi connectivity index (χ2n) is 5.22. The van der Waals surface area contributed by atoms with Crippen molar-refractivity contribution in [2.45, 2.75) is 13.1 Å². The van der Waals surface area contributed by atoms with Gasteiger partial charge >= 0.3 is 12.1 Å². The molecule has 0 saturated carbocycles. The van der Waals surface area contributed by atoms with E-state index in [2.05, 4.69) is 9.97 Å². The van der Waals surface area contributed by atoms with Crippen LogP contribution in [0.25, 0.3) is 22.3 Å². The number of alkyl halides is 3. The first-order chi connectivity index (χ1) is 11.3. The van der Waals surface area contributed by atoms with Crippen LogP contribution in [0.1, 0.15) is 21.5 Å². The third-order valence-corrected chi connectivity index (χ3v) is 3.66. The number of hydrogen-bond acceptors (Lipinski definition) is 3. The first-order valence-corrected chi connectivity index (χ1v) is 6.95. The molecule has 2 aromatic heterocycles. The minimum Gasteiger partial charge on any atom is -0.478 e. The molecule has 0 aliphatic carbocycles. The Balaban J connectivity index is 2.32. The summed E-state index contributed by atoms with van der Waals surface area (Å²) in [6.45, 7) is 1.51. The van der Waals surface area contributed by atoms with Crippen molar-refractivity contribution < 1.29 is 23.1 Å². The highest BCUT2D eigenvalue weighted by molar-refractivity contribution is 6.03. The van der Waals surface area contributed by atoms with E-state index < -0.39 is 17.7 Å². The molecular formula is C17H11F3N2O2. The van der Waals surface area contributed by atoms with E-state index in [1.165, 1.54) is 25.3 Å². The number of rotatable bonds is 2. The molecule has 0 saturated heterocycles. The maximum Gasteiger partial charge on any atom is 0.416 e. The number of nitrogens with zero attached hydrogens (tertiary/aromatic N) is 2. The van der Waals surface area contributed by atoms with E-state index in [9.17, 15) is 23.1 Å². The quantitative estimate of drug-likeness (QED) is 0.759. The number of aromatic carboxylic acids is 1. The summed E-state index contributed by atoms with van der Waals surface area (Å²) in [6.07, 6.45) is -3.04. The third-order valence-electron chi connectivity index (χ3n) is 3.66. The molecule has 4 nitrogen and oxygen atoms in total. The van der Waals surface area contributed by atoms with Crippen LogP contribution in [0.4, 0.5) is 13.2 Å². The molecule has 24 heavy (non-hydrogen) atoms. The molecule has 2 heterocycles. The van der Waals surface area contributed by atoms with Crippen molar-refractivity contribution in [2.75, 3.05) is 0 Å². The average molecular weight is 332 g/mol. The Hall–Kier alpha value is -2.96. The summed E-state index contributed by atoms with van der Waals surface area (Å²) in [6, 6.07) is 7.83. The SMILES string of the molecule is Cc1c(-c2cccc(C(F)(F)F)c2)nc2cccnc2c1C(=O)O. The minimum atomic E-state index is -4.49. The van der Waals surface area contributed by atoms with E-state index in [0.717, 1.165) is 12.1 Å². The van der Waals surface area contributed by atoms with Crippen LogP contribution in [0.2, 0.25) is 0 Å². The Morgan fingerprint density at radius 2 is 1.92 bits per heavy atom. The molecule has 0 unspecified atom stereocenters. The van der Waals surface area contributed by atoms with Gasteiger partial charge in [0.15, 0.2) is 0 Å². The van der Waals surface area contributed by atoms with Gasteiger partial charge in [-0.15, -0.1) is 0 Å². The van der Waals surface area contributed by atoms with Gasteiger partial charge < -0.3 is 5.11 Å². The van der Waals surface area contributed by atoms with Crippen molar-refractivity contribution in [1.82, 2.24) is 9.97 Å². The monoisotopic (exact) mass is 332 g/mol. The number of carboxylic acid groups (broad SMARTS) is 1. The van der Waals surface area contributed by atoms with Gasteiger partial charge in [0.1, 0.15) is 5.52 Å². The molecule has 3 rings (SSSR count). The fourth-order valence-corrected chi connectivity index (χ4v) is 2.57. The molecule has 0 aliphatic heterocycles. The summed E-state index contributed by atoms with van der Waals surface area (Å²) in [5, 5.41) is 9.47. The van der Waals surface area contributed by atoms with Crippen LogP contribution in [0, 0.1) is 6.92 Å². The molecule has 0 amide bonds. The number of fused-ring (bicyclic) bond motifs is 1. The lowest BCUT2D eigenvalue weighted by Gasteiger charge is -2.13. The second kappa shape index (κ2) is 5.59. The van der Waals surface area contributed by atoms with Crippen LogP contribution in [-0.2, 0) is 6.18 Å². The lowest BCUT2D eigenvalue weighted by molar-refractivity contribution is -0.137. The lowest BCUT2D eigenvalue weighted by Crippen LogP contribution is -2.07.